The molecule has 0 saturated carbocycles. The molecule has 0 aliphatic heterocycles. The average molecular weight is 292 g/mol. The summed E-state index contributed by atoms with van der Waals surface area (Å²) in [6, 6.07) is 7.37. The van der Waals surface area contributed by atoms with E-state index in [-0.39, 0.29) is 11.0 Å². The number of hydrogen-bond donors (Lipinski definition) is 2. The molecular weight excluding hydrogens is 272 g/mol. The fourth-order valence-corrected chi connectivity index (χ4v) is 1.49. The number of carbonyl (C=O) groups is 1. The Kier molecular flexibility index (Phi) is 5.70. The van der Waals surface area contributed by atoms with Crippen LogP contribution in [0.5, 0.6) is 5.75 Å². The van der Waals surface area contributed by atoms with E-state index in [1.807, 2.05) is 45.0 Å². The molecule has 0 spiro atoms. The van der Waals surface area contributed by atoms with Gasteiger partial charge in [-0.3, -0.25) is 4.79 Å². The molecule has 0 heterocycles. The summed E-state index contributed by atoms with van der Waals surface area (Å²) in [5, 5.41) is 5.87. The highest BCUT2D eigenvalue weighted by atomic mass is 32.1. The van der Waals surface area contributed by atoms with Crippen molar-refractivity contribution in [2.24, 2.45) is 5.41 Å². The van der Waals surface area contributed by atoms with Gasteiger partial charge in [-0.05, 0) is 24.4 Å². The Bertz CT molecular complexity index is 507. The highest BCUT2D eigenvalue weighted by Crippen LogP contribution is 2.23. The van der Waals surface area contributed by atoms with Gasteiger partial charge in [0.2, 0.25) is 5.91 Å². The van der Waals surface area contributed by atoms with E-state index in [2.05, 4.69) is 17.2 Å². The molecule has 1 aromatic carbocycles. The number of amides is 1. The van der Waals surface area contributed by atoms with Gasteiger partial charge in [-0.15, -0.1) is 0 Å². The number of anilines is 1. The SMILES string of the molecule is C=CCOc1ccccc1NC(=S)NC(=O)C(C)(C)C. The van der Waals surface area contributed by atoms with E-state index in [0.29, 0.717) is 18.0 Å². The molecule has 0 aliphatic carbocycles. The summed E-state index contributed by atoms with van der Waals surface area (Å²) in [6.07, 6.45) is 1.66. The minimum absolute atomic E-state index is 0.139. The fourth-order valence-electron chi connectivity index (χ4n) is 1.29. The first-order valence-corrected chi connectivity index (χ1v) is 6.70. The Morgan fingerprint density at radius 3 is 2.65 bits per heavy atom. The normalized spacial score (nSPS) is 10.6. The molecule has 5 heteroatoms. The molecule has 0 atom stereocenters. The molecule has 0 fully saturated rings. The molecule has 0 bridgehead atoms. The number of nitrogens with one attached hydrogen (secondary N) is 2. The average Bonchev–Trinajstić information content (AvgIpc) is 2.36. The third-order valence-corrected chi connectivity index (χ3v) is 2.60. The third kappa shape index (κ3) is 5.01. The molecule has 108 valence electrons. The van der Waals surface area contributed by atoms with Gasteiger partial charge in [0.05, 0.1) is 5.69 Å². The maximum absolute atomic E-state index is 11.8. The summed E-state index contributed by atoms with van der Waals surface area (Å²) in [7, 11) is 0. The van der Waals surface area contributed by atoms with E-state index in [9.17, 15) is 4.79 Å². The van der Waals surface area contributed by atoms with Gasteiger partial charge in [-0.25, -0.2) is 0 Å². The number of carbonyl (C=O) groups excluding carboxylic acids is 1. The molecule has 0 saturated heterocycles. The van der Waals surface area contributed by atoms with Gasteiger partial charge in [-0.2, -0.15) is 0 Å². The van der Waals surface area contributed by atoms with Gasteiger partial charge in [0.1, 0.15) is 12.4 Å². The number of hydrogen-bond acceptors (Lipinski definition) is 3. The second-order valence-corrected chi connectivity index (χ2v) is 5.66. The van der Waals surface area contributed by atoms with E-state index in [4.69, 9.17) is 17.0 Å². The summed E-state index contributed by atoms with van der Waals surface area (Å²) >= 11 is 5.13. The van der Waals surface area contributed by atoms with E-state index >= 15 is 0 Å². The Balaban J connectivity index is 2.71. The lowest BCUT2D eigenvalue weighted by atomic mass is 9.96. The molecule has 1 aromatic rings. The van der Waals surface area contributed by atoms with Crippen LogP contribution in [-0.2, 0) is 4.79 Å². The van der Waals surface area contributed by atoms with Crippen LogP contribution in [0.2, 0.25) is 0 Å². The van der Waals surface area contributed by atoms with Crippen molar-refractivity contribution in [2.75, 3.05) is 11.9 Å². The zero-order chi connectivity index (χ0) is 15.2. The zero-order valence-electron chi connectivity index (χ0n) is 12.0. The predicted octanol–water partition coefficient (Wildman–Crippen LogP) is 3.11. The highest BCUT2D eigenvalue weighted by molar-refractivity contribution is 7.80. The van der Waals surface area contributed by atoms with Crippen LogP contribution in [-0.4, -0.2) is 17.6 Å². The van der Waals surface area contributed by atoms with Gasteiger partial charge < -0.3 is 15.4 Å². The number of benzene rings is 1. The summed E-state index contributed by atoms with van der Waals surface area (Å²) in [5.41, 5.74) is 0.207. The van der Waals surface area contributed by atoms with Gasteiger partial charge in [0, 0.05) is 5.41 Å². The van der Waals surface area contributed by atoms with Crippen LogP contribution < -0.4 is 15.4 Å². The molecule has 20 heavy (non-hydrogen) atoms. The first-order chi connectivity index (χ1) is 9.34. The highest BCUT2D eigenvalue weighted by Gasteiger charge is 2.22. The zero-order valence-corrected chi connectivity index (χ0v) is 12.8. The van der Waals surface area contributed by atoms with E-state index < -0.39 is 5.41 Å². The van der Waals surface area contributed by atoms with Crippen LogP contribution in [0.4, 0.5) is 5.69 Å². The lowest BCUT2D eigenvalue weighted by Gasteiger charge is -2.19. The Hall–Kier alpha value is -1.88. The molecule has 1 rings (SSSR count). The lowest BCUT2D eigenvalue weighted by molar-refractivity contribution is -0.126. The molecule has 0 aliphatic rings. The number of ether oxygens (including phenoxy) is 1. The van der Waals surface area contributed by atoms with Crippen molar-refractivity contribution < 1.29 is 9.53 Å². The molecule has 4 nitrogen and oxygen atoms in total. The first-order valence-electron chi connectivity index (χ1n) is 6.29. The molecule has 0 radical (unpaired) electrons. The minimum Gasteiger partial charge on any atom is -0.487 e. The summed E-state index contributed by atoms with van der Waals surface area (Å²) in [4.78, 5) is 11.8. The number of rotatable bonds is 4. The van der Waals surface area contributed by atoms with Crippen LogP contribution in [0, 0.1) is 5.41 Å². The first kappa shape index (κ1) is 16.2. The molecule has 2 N–H and O–H groups in total. The van der Waals surface area contributed by atoms with Crippen molar-refractivity contribution >= 4 is 28.9 Å². The third-order valence-electron chi connectivity index (χ3n) is 2.40. The van der Waals surface area contributed by atoms with Crippen molar-refractivity contribution in [2.45, 2.75) is 20.8 Å². The number of thiocarbonyl (C=S) groups is 1. The largest absolute Gasteiger partial charge is 0.487 e. The quantitative estimate of drug-likeness (QED) is 0.661. The number of para-hydroxylation sites is 2. The smallest absolute Gasteiger partial charge is 0.231 e. The Morgan fingerprint density at radius 2 is 2.05 bits per heavy atom. The molecule has 1 amide bonds. The van der Waals surface area contributed by atoms with Crippen LogP contribution in [0.1, 0.15) is 20.8 Å². The van der Waals surface area contributed by atoms with Crippen molar-refractivity contribution in [1.29, 1.82) is 0 Å². The maximum atomic E-state index is 11.8. The summed E-state index contributed by atoms with van der Waals surface area (Å²) in [6.45, 7) is 9.48. The van der Waals surface area contributed by atoms with Gasteiger partial charge in [0.25, 0.3) is 0 Å². The van der Waals surface area contributed by atoms with E-state index in [0.717, 1.165) is 0 Å². The van der Waals surface area contributed by atoms with Crippen molar-refractivity contribution in [1.82, 2.24) is 5.32 Å². The molecule has 0 aromatic heterocycles. The van der Waals surface area contributed by atoms with Gasteiger partial charge >= 0.3 is 0 Å². The summed E-state index contributed by atoms with van der Waals surface area (Å²) < 4.78 is 5.51. The fraction of sp³-hybridized carbons (Fsp3) is 0.333. The van der Waals surface area contributed by atoms with Crippen molar-refractivity contribution in [3.8, 4) is 5.75 Å². The second-order valence-electron chi connectivity index (χ2n) is 5.25. The topological polar surface area (TPSA) is 50.4 Å². The molecular formula is C15H20N2O2S. The standard InChI is InChI=1S/C15H20N2O2S/c1-5-10-19-12-9-7-6-8-11(12)16-14(20)17-13(18)15(2,3)4/h5-9H,1,10H2,2-4H3,(H2,16,17,18,20). The Labute approximate surface area is 125 Å². The van der Waals surface area contributed by atoms with Crippen molar-refractivity contribution in [3.05, 3.63) is 36.9 Å². The lowest BCUT2D eigenvalue weighted by Crippen LogP contribution is -2.41. The maximum Gasteiger partial charge on any atom is 0.231 e. The molecule has 0 unspecified atom stereocenters. The van der Waals surface area contributed by atoms with Crippen LogP contribution in [0.3, 0.4) is 0 Å². The minimum atomic E-state index is -0.495. The Morgan fingerprint density at radius 1 is 1.40 bits per heavy atom. The van der Waals surface area contributed by atoms with Gasteiger partial charge in [0.15, 0.2) is 5.11 Å². The van der Waals surface area contributed by atoms with E-state index in [1.54, 1.807) is 6.08 Å². The second kappa shape index (κ2) is 7.05. The van der Waals surface area contributed by atoms with Crippen LogP contribution in [0.25, 0.3) is 0 Å². The monoisotopic (exact) mass is 292 g/mol. The van der Waals surface area contributed by atoms with E-state index in [1.165, 1.54) is 0 Å². The van der Waals surface area contributed by atoms with Gasteiger partial charge in [-0.1, -0.05) is 45.6 Å². The van der Waals surface area contributed by atoms with Crippen molar-refractivity contribution in [3.63, 3.8) is 0 Å². The van der Waals surface area contributed by atoms with Crippen LogP contribution >= 0.6 is 12.2 Å². The van der Waals surface area contributed by atoms with Crippen LogP contribution in [0.15, 0.2) is 36.9 Å². The predicted molar refractivity (Wildman–Crippen MR) is 86.0 cm³/mol. The summed E-state index contributed by atoms with van der Waals surface area (Å²) in [5.74, 6) is 0.513.